The highest BCUT2D eigenvalue weighted by molar-refractivity contribution is 6.32. The highest BCUT2D eigenvalue weighted by atomic mass is 35.5. The van der Waals surface area contributed by atoms with E-state index in [1.165, 1.54) is 0 Å². The van der Waals surface area contributed by atoms with Crippen LogP contribution >= 0.6 is 11.6 Å². The molecule has 0 fully saturated rings. The van der Waals surface area contributed by atoms with E-state index >= 15 is 0 Å². The summed E-state index contributed by atoms with van der Waals surface area (Å²) in [5, 5.41) is 7.34. The zero-order valence-corrected chi connectivity index (χ0v) is 21.0. The van der Waals surface area contributed by atoms with E-state index in [9.17, 15) is 4.79 Å². The van der Waals surface area contributed by atoms with Crippen molar-refractivity contribution in [1.82, 2.24) is 10.5 Å². The quantitative estimate of drug-likeness (QED) is 0.503. The number of nitrogens with one attached hydrogen (secondary N) is 1. The number of aliphatic imine (C=N–C) groups is 1. The molecule has 2 aromatic carbocycles. The Labute approximate surface area is 205 Å². The largest absolute Gasteiger partial charge is 0.495 e. The second-order valence-electron chi connectivity index (χ2n) is 8.86. The van der Waals surface area contributed by atoms with Gasteiger partial charge in [0.25, 0.3) is 0 Å². The van der Waals surface area contributed by atoms with Gasteiger partial charge in [0.1, 0.15) is 11.5 Å². The number of rotatable bonds is 6. The second kappa shape index (κ2) is 10.0. The van der Waals surface area contributed by atoms with Crippen LogP contribution in [-0.4, -0.2) is 37.0 Å². The van der Waals surface area contributed by atoms with Crippen molar-refractivity contribution in [2.75, 3.05) is 14.2 Å². The summed E-state index contributed by atoms with van der Waals surface area (Å²) in [6.45, 7) is 6.05. The van der Waals surface area contributed by atoms with Crippen LogP contribution in [0.15, 0.2) is 45.9 Å². The van der Waals surface area contributed by atoms with Crippen LogP contribution in [0.3, 0.4) is 0 Å². The number of benzene rings is 2. The molecule has 0 bridgehead atoms. The van der Waals surface area contributed by atoms with Gasteiger partial charge < -0.3 is 14.6 Å². The van der Waals surface area contributed by atoms with Gasteiger partial charge in [-0.1, -0.05) is 47.9 Å². The van der Waals surface area contributed by atoms with Crippen LogP contribution in [0.25, 0.3) is 11.1 Å². The van der Waals surface area contributed by atoms with Gasteiger partial charge in [-0.2, -0.15) is 0 Å². The Morgan fingerprint density at radius 3 is 2.53 bits per heavy atom. The Morgan fingerprint density at radius 1 is 1.21 bits per heavy atom. The predicted octanol–water partition coefficient (Wildman–Crippen LogP) is 5.54. The highest BCUT2D eigenvalue weighted by Crippen LogP contribution is 2.35. The highest BCUT2D eigenvalue weighted by Gasteiger charge is 2.27. The first-order chi connectivity index (χ1) is 16.3. The number of aryl methyl sites for hydroxylation is 2. The van der Waals surface area contributed by atoms with Gasteiger partial charge in [0.2, 0.25) is 5.91 Å². The molecule has 1 aromatic heterocycles. The smallest absolute Gasteiger partial charge is 0.219 e. The van der Waals surface area contributed by atoms with Crippen molar-refractivity contribution >= 4 is 23.2 Å². The lowest BCUT2D eigenvalue weighted by Crippen LogP contribution is -2.23. The topological polar surface area (TPSA) is 76.7 Å². The average Bonchev–Trinajstić information content (AvgIpc) is 3.10. The van der Waals surface area contributed by atoms with Crippen LogP contribution in [0.5, 0.6) is 5.75 Å². The van der Waals surface area contributed by atoms with Crippen LogP contribution in [-0.2, 0) is 11.2 Å². The molecule has 0 saturated carbocycles. The standard InChI is InChI=1S/C27H30ClN3O3/c1-15-12-20-13-24(33-5)22(28)14-21(20)27(30-23(15)10-11-25(32)29-4)19-8-6-18(7-9-19)26-16(2)31-34-17(26)3/h6-9,13-15,23H,10-12H2,1-5H3,(H,29,32). The maximum atomic E-state index is 11.9. The van der Waals surface area contributed by atoms with Gasteiger partial charge in [-0.3, -0.25) is 9.79 Å². The minimum Gasteiger partial charge on any atom is -0.495 e. The SMILES string of the molecule is CNC(=O)CCC1N=C(c2ccc(-c3c(C)noc3C)cc2)c2cc(Cl)c(OC)cc2CC1C. The van der Waals surface area contributed by atoms with Gasteiger partial charge in [0.05, 0.1) is 29.6 Å². The van der Waals surface area contributed by atoms with Crippen molar-refractivity contribution in [3.63, 3.8) is 0 Å². The fourth-order valence-corrected chi connectivity index (χ4v) is 4.90. The lowest BCUT2D eigenvalue weighted by atomic mass is 9.90. The molecule has 1 N–H and O–H groups in total. The molecule has 4 rings (SSSR count). The summed E-state index contributed by atoms with van der Waals surface area (Å²) in [4.78, 5) is 17.1. The minimum atomic E-state index is 0.00621. The van der Waals surface area contributed by atoms with Gasteiger partial charge in [0.15, 0.2) is 0 Å². The summed E-state index contributed by atoms with van der Waals surface area (Å²) in [5.74, 6) is 1.74. The summed E-state index contributed by atoms with van der Waals surface area (Å²) >= 11 is 6.54. The Balaban J connectivity index is 1.79. The number of hydrogen-bond acceptors (Lipinski definition) is 5. The fourth-order valence-electron chi connectivity index (χ4n) is 4.66. The number of fused-ring (bicyclic) bond motifs is 1. The Hall–Kier alpha value is -3.12. The van der Waals surface area contributed by atoms with Crippen molar-refractivity contribution in [1.29, 1.82) is 0 Å². The number of hydrogen-bond donors (Lipinski definition) is 1. The van der Waals surface area contributed by atoms with E-state index in [2.05, 4.69) is 41.7 Å². The van der Waals surface area contributed by atoms with E-state index in [1.807, 2.05) is 26.0 Å². The Kier molecular flexibility index (Phi) is 7.08. The molecule has 0 aliphatic carbocycles. The van der Waals surface area contributed by atoms with Crippen molar-refractivity contribution in [3.05, 3.63) is 69.6 Å². The third kappa shape index (κ3) is 4.73. The van der Waals surface area contributed by atoms with E-state index in [0.717, 1.165) is 51.4 Å². The van der Waals surface area contributed by atoms with Gasteiger partial charge in [-0.05, 0) is 55.9 Å². The molecule has 0 saturated heterocycles. The summed E-state index contributed by atoms with van der Waals surface area (Å²) in [5.41, 5.74) is 6.96. The number of ether oxygens (including phenoxy) is 1. The van der Waals surface area contributed by atoms with Gasteiger partial charge in [-0.15, -0.1) is 0 Å². The summed E-state index contributed by atoms with van der Waals surface area (Å²) in [6, 6.07) is 12.3. The van der Waals surface area contributed by atoms with Gasteiger partial charge >= 0.3 is 0 Å². The monoisotopic (exact) mass is 479 g/mol. The molecule has 3 aromatic rings. The van der Waals surface area contributed by atoms with E-state index in [1.54, 1.807) is 14.2 Å². The number of halogens is 1. The number of carbonyl (C=O) groups excluding carboxylic acids is 1. The fraction of sp³-hybridized carbons (Fsp3) is 0.370. The zero-order valence-electron chi connectivity index (χ0n) is 20.2. The molecular formula is C27H30ClN3O3. The number of amides is 1. The summed E-state index contributed by atoms with van der Waals surface area (Å²) in [6.07, 6.45) is 1.94. The maximum Gasteiger partial charge on any atom is 0.219 e. The van der Waals surface area contributed by atoms with Crippen LogP contribution in [0.1, 0.15) is 47.9 Å². The molecule has 34 heavy (non-hydrogen) atoms. The van der Waals surface area contributed by atoms with Crippen molar-refractivity contribution in [3.8, 4) is 16.9 Å². The van der Waals surface area contributed by atoms with Gasteiger partial charge in [-0.25, -0.2) is 0 Å². The Morgan fingerprint density at radius 2 is 1.91 bits per heavy atom. The van der Waals surface area contributed by atoms with Crippen LogP contribution < -0.4 is 10.1 Å². The first kappa shape index (κ1) is 24.0. The maximum absolute atomic E-state index is 11.9. The second-order valence-corrected chi connectivity index (χ2v) is 9.27. The molecule has 1 aliphatic rings. The molecule has 1 amide bonds. The third-order valence-electron chi connectivity index (χ3n) is 6.55. The van der Waals surface area contributed by atoms with Crippen LogP contribution in [0, 0.1) is 19.8 Å². The predicted molar refractivity (Wildman–Crippen MR) is 135 cm³/mol. The van der Waals surface area contributed by atoms with E-state index in [4.69, 9.17) is 25.9 Å². The molecule has 2 atom stereocenters. The normalized spacial score (nSPS) is 17.5. The van der Waals surface area contributed by atoms with E-state index in [0.29, 0.717) is 23.6 Å². The summed E-state index contributed by atoms with van der Waals surface area (Å²) in [7, 11) is 3.29. The molecule has 1 aliphatic heterocycles. The number of aromatic nitrogens is 1. The van der Waals surface area contributed by atoms with Crippen molar-refractivity contribution in [2.24, 2.45) is 10.9 Å². The minimum absolute atomic E-state index is 0.00621. The number of methoxy groups -OCH3 is 1. The van der Waals surface area contributed by atoms with E-state index in [-0.39, 0.29) is 17.9 Å². The Bertz CT molecular complexity index is 1210. The lowest BCUT2D eigenvalue weighted by molar-refractivity contribution is -0.120. The third-order valence-corrected chi connectivity index (χ3v) is 6.85. The number of nitrogens with zero attached hydrogens (tertiary/aromatic N) is 2. The first-order valence-electron chi connectivity index (χ1n) is 11.5. The molecule has 0 spiro atoms. The van der Waals surface area contributed by atoms with E-state index < -0.39 is 0 Å². The molecule has 7 heteroatoms. The molecule has 178 valence electrons. The lowest BCUT2D eigenvalue weighted by Gasteiger charge is -2.18. The van der Waals surface area contributed by atoms with Gasteiger partial charge in [0, 0.05) is 30.2 Å². The van der Waals surface area contributed by atoms with Crippen LogP contribution in [0.2, 0.25) is 5.02 Å². The van der Waals surface area contributed by atoms with Crippen LogP contribution in [0.4, 0.5) is 0 Å². The van der Waals surface area contributed by atoms with Crippen molar-refractivity contribution in [2.45, 2.75) is 46.1 Å². The zero-order chi connectivity index (χ0) is 24.4. The molecule has 2 heterocycles. The molecule has 0 radical (unpaired) electrons. The molecule has 6 nitrogen and oxygen atoms in total. The number of carbonyl (C=O) groups is 1. The summed E-state index contributed by atoms with van der Waals surface area (Å²) < 4.78 is 10.8. The average molecular weight is 480 g/mol. The first-order valence-corrected chi connectivity index (χ1v) is 11.9. The van der Waals surface area contributed by atoms with Crippen molar-refractivity contribution < 1.29 is 14.1 Å². The molecule has 2 unspecified atom stereocenters. The molecular weight excluding hydrogens is 450 g/mol.